The Morgan fingerprint density at radius 3 is 2.16 bits per heavy atom. The number of anilines is 1. The van der Waals surface area contributed by atoms with Gasteiger partial charge >= 0.3 is 18.0 Å². The van der Waals surface area contributed by atoms with Crippen molar-refractivity contribution < 1.29 is 63.1 Å². The molecule has 0 radical (unpaired) electrons. The molecule has 7 aromatic heterocycles. The molecule has 32 heteroatoms. The molecule has 90 heavy (non-hydrogen) atoms. The number of nitrogens with one attached hydrogen (secondary N) is 5. The number of carboxylic acids is 2. The lowest BCUT2D eigenvalue weighted by Crippen LogP contribution is -2.42. The molecule has 2 aliphatic rings. The number of carbonyl (C=O) groups excluding carboxylic acids is 6. The van der Waals surface area contributed by atoms with Crippen LogP contribution < -0.4 is 31.5 Å². The van der Waals surface area contributed by atoms with Crippen LogP contribution in [0.3, 0.4) is 0 Å². The lowest BCUT2D eigenvalue weighted by molar-refractivity contribution is -0.148. The Labute approximate surface area is 537 Å². The van der Waals surface area contributed by atoms with Crippen molar-refractivity contribution >= 4 is 121 Å². The normalized spacial score (nSPS) is 18.3. The molecule has 1 saturated carbocycles. The number of aliphatic carboxylic acids is 2. The molecule has 4 atom stereocenters. The summed E-state index contributed by atoms with van der Waals surface area (Å²) < 4.78 is 11.2. The molecule has 1 unspecified atom stereocenters. The van der Waals surface area contributed by atoms with Crippen LogP contribution in [0.5, 0.6) is 0 Å². The number of pyridine rings is 1. The summed E-state index contributed by atoms with van der Waals surface area (Å²) in [7, 11) is 2.91. The van der Waals surface area contributed by atoms with E-state index < -0.39 is 90.4 Å². The van der Waals surface area contributed by atoms with Crippen molar-refractivity contribution in [2.45, 2.75) is 96.2 Å². The number of aliphatic hydroxyl groups is 1. The molecule has 8 aromatic rings. The number of ether oxygens (including phenoxy) is 2. The minimum Gasteiger partial charge on any atom is -0.481 e. The van der Waals surface area contributed by atoms with Crippen LogP contribution in [0.15, 0.2) is 64.0 Å². The van der Waals surface area contributed by atoms with Gasteiger partial charge in [-0.3, -0.25) is 38.5 Å². The average molecular weight is 1340 g/mol. The number of fused-ring (bicyclic) bond motifs is 14. The predicted molar refractivity (Wildman–Crippen MR) is 336 cm³/mol. The van der Waals surface area contributed by atoms with Gasteiger partial charge < -0.3 is 51.4 Å². The van der Waals surface area contributed by atoms with E-state index in [0.29, 0.717) is 75.1 Å². The SMILES string of the molecule is CNC(=O)C[C@@H]1NC(=O)c2csc(n2)-c2ccc(-c3nc(N(CCCCC(=O)O)C(=O)OC4CC(C(=O)O)C4)cs3)nc2-c2csc(n2)-c2csc(n2)[C@H]([C@@H](O)c2ccccc2)NC(=O)CNC(=O)c2nc(sc2COC)C(C(C)C)NC(=O)c2nc1sc2C. The van der Waals surface area contributed by atoms with Crippen molar-refractivity contribution in [1.82, 2.24) is 61.5 Å². The third kappa shape index (κ3) is 14.9. The van der Waals surface area contributed by atoms with Crippen LogP contribution in [0.2, 0.25) is 0 Å². The number of unbranched alkanes of at least 4 members (excludes halogenated alkanes) is 1. The van der Waals surface area contributed by atoms with E-state index in [4.69, 9.17) is 34.4 Å². The molecule has 0 spiro atoms. The average Bonchev–Trinajstić information content (AvgIpc) is 1.76. The molecule has 8 heterocycles. The van der Waals surface area contributed by atoms with Crippen LogP contribution in [0.25, 0.3) is 43.4 Å². The van der Waals surface area contributed by atoms with E-state index in [9.17, 15) is 53.7 Å². The highest BCUT2D eigenvalue weighted by atomic mass is 32.1. The van der Waals surface area contributed by atoms with E-state index in [1.54, 1.807) is 70.9 Å². The maximum Gasteiger partial charge on any atom is 0.415 e. The zero-order valence-electron chi connectivity index (χ0n) is 48.7. The summed E-state index contributed by atoms with van der Waals surface area (Å²) in [6.45, 7) is 4.93. The Bertz CT molecular complexity index is 3980. The first-order valence-corrected chi connectivity index (χ1v) is 33.3. The number of amides is 6. The molecule has 8 N–H and O–H groups in total. The van der Waals surface area contributed by atoms with Gasteiger partial charge in [-0.2, -0.15) is 0 Å². The standard InChI is InChI=1S/C58H59N13O13S6/c1-26(2)42-56-70-45(37(90-56)21-83-5)49(78)60-20-40(73)67-46(47(76)28-11-7-6-8-12-28)55-65-36(24-87-55)53-63-34(22-86-53)44-31(51-64-35(23-85-51)48(77)62-33(19-39(72)59-4)54-69-43(27(3)89-54)50(79)68-42)14-15-32(61-44)52-66-38(25-88-52)71(16-10-9-13-41(74)75)58(82)84-30-17-29(18-30)57(80)81/h6-8,11-12,14-15,22-26,29-30,33,42,46-47,76H,9-10,13,16-21H2,1-5H3,(H,59,72)(H,60,78)(H,62,77)(H,67,73)(H,68,79)(H,74,75)(H,80,81)/t29?,30?,33-,42?,46-,47-/m0/s1. The van der Waals surface area contributed by atoms with Crippen molar-refractivity contribution in [3.63, 3.8) is 0 Å². The summed E-state index contributed by atoms with van der Waals surface area (Å²) in [5.41, 5.74) is 2.31. The molecule has 26 nitrogen and oxygen atoms in total. The van der Waals surface area contributed by atoms with Crippen molar-refractivity contribution in [3.8, 4) is 43.4 Å². The van der Waals surface area contributed by atoms with Crippen LogP contribution in [-0.2, 0) is 35.3 Å². The van der Waals surface area contributed by atoms with Crippen molar-refractivity contribution in [1.29, 1.82) is 0 Å². The van der Waals surface area contributed by atoms with Gasteiger partial charge in [0, 0.05) is 59.1 Å². The number of carboxylic acid groups (broad SMARTS) is 2. The van der Waals surface area contributed by atoms with Crippen molar-refractivity contribution in [2.75, 3.05) is 32.1 Å². The number of methoxy groups -OCH3 is 1. The van der Waals surface area contributed by atoms with Crippen LogP contribution in [0.4, 0.5) is 10.6 Å². The quantitative estimate of drug-likeness (QED) is 0.0421. The second-order valence-electron chi connectivity index (χ2n) is 21.2. The first-order valence-electron chi connectivity index (χ1n) is 28.1. The van der Waals surface area contributed by atoms with E-state index in [2.05, 4.69) is 36.6 Å². The molecule has 1 fully saturated rings. The lowest BCUT2D eigenvalue weighted by Gasteiger charge is -2.33. The molecule has 1 aromatic carbocycles. The van der Waals surface area contributed by atoms with Gasteiger partial charge in [-0.25, -0.2) is 39.7 Å². The highest BCUT2D eigenvalue weighted by Gasteiger charge is 2.39. The summed E-state index contributed by atoms with van der Waals surface area (Å²) in [5.74, 6) is -5.69. The van der Waals surface area contributed by atoms with Gasteiger partial charge in [-0.15, -0.1) is 68.0 Å². The molecule has 470 valence electrons. The number of hydrogen-bond acceptors (Lipinski definition) is 24. The third-order valence-electron chi connectivity index (χ3n) is 14.5. The largest absolute Gasteiger partial charge is 0.481 e. The summed E-state index contributed by atoms with van der Waals surface area (Å²) >= 11 is 6.97. The van der Waals surface area contributed by atoms with E-state index in [0.717, 1.165) is 45.3 Å². The van der Waals surface area contributed by atoms with Crippen molar-refractivity contribution in [2.24, 2.45) is 11.8 Å². The second kappa shape index (κ2) is 28.6. The van der Waals surface area contributed by atoms with Gasteiger partial charge in [0.25, 0.3) is 17.7 Å². The number of benzene rings is 1. The van der Waals surface area contributed by atoms with Crippen LogP contribution in [0.1, 0.15) is 138 Å². The molecule has 10 bridgehead atoms. The number of hydrogen-bond donors (Lipinski definition) is 8. The number of carbonyl (C=O) groups is 8. The number of thiazole rings is 6. The van der Waals surface area contributed by atoms with Crippen LogP contribution >= 0.6 is 68.0 Å². The maximum absolute atomic E-state index is 14.4. The number of rotatable bonds is 16. The molecule has 1 aliphatic heterocycles. The lowest BCUT2D eigenvalue weighted by atomic mass is 9.82. The minimum absolute atomic E-state index is 0.0140. The number of nitrogens with zero attached hydrogens (tertiary/aromatic N) is 8. The zero-order chi connectivity index (χ0) is 63.9. The van der Waals surface area contributed by atoms with Gasteiger partial charge in [0.15, 0.2) is 0 Å². The van der Waals surface area contributed by atoms with Crippen molar-refractivity contribution in [3.05, 3.63) is 111 Å². The molecular formula is C58H59N13O13S6. The first kappa shape index (κ1) is 64.6. The monoisotopic (exact) mass is 1340 g/mol. The Morgan fingerprint density at radius 2 is 1.42 bits per heavy atom. The van der Waals surface area contributed by atoms with Crippen LogP contribution in [0, 0.1) is 18.8 Å². The Balaban J connectivity index is 1.04. The van der Waals surface area contributed by atoms with E-state index in [1.165, 1.54) is 41.7 Å². The summed E-state index contributed by atoms with van der Waals surface area (Å²) in [6, 6.07) is 9.23. The van der Waals surface area contributed by atoms with Gasteiger partial charge in [-0.1, -0.05) is 44.2 Å². The minimum atomic E-state index is -1.31. The summed E-state index contributed by atoms with van der Waals surface area (Å²) in [6.07, 6.45) is -2.22. The first-order chi connectivity index (χ1) is 43.2. The summed E-state index contributed by atoms with van der Waals surface area (Å²) in [4.78, 5) is 143. The fraction of sp³-hybridized carbons (Fsp3) is 0.362. The van der Waals surface area contributed by atoms with Gasteiger partial charge in [0.1, 0.15) is 88.3 Å². The molecule has 6 amide bonds. The third-order valence-corrected chi connectivity index (χ3v) is 20.2. The number of aromatic nitrogens is 7. The molecule has 1 aliphatic carbocycles. The van der Waals surface area contributed by atoms with Gasteiger partial charge in [0.05, 0.1) is 48.1 Å². The molecule has 10 rings (SSSR count). The molecular weight excluding hydrogens is 1280 g/mol. The van der Waals surface area contributed by atoms with E-state index in [1.807, 2.05) is 13.8 Å². The van der Waals surface area contributed by atoms with Gasteiger partial charge in [-0.05, 0) is 56.2 Å². The Kier molecular flexibility index (Phi) is 20.6. The maximum atomic E-state index is 14.4. The topological polar surface area (TPSA) is 369 Å². The van der Waals surface area contributed by atoms with Crippen LogP contribution in [-0.4, -0.2) is 131 Å². The van der Waals surface area contributed by atoms with Gasteiger partial charge in [0.2, 0.25) is 11.8 Å². The van der Waals surface area contributed by atoms with E-state index in [-0.39, 0.29) is 79.1 Å². The predicted octanol–water partition coefficient (Wildman–Crippen LogP) is 8.37. The zero-order valence-corrected chi connectivity index (χ0v) is 53.6. The number of aryl methyl sites for hydroxylation is 1. The highest BCUT2D eigenvalue weighted by Crippen LogP contribution is 2.41. The smallest absolute Gasteiger partial charge is 0.415 e. The number of aliphatic hydroxyl groups excluding tert-OH is 1. The molecule has 0 saturated heterocycles. The Morgan fingerprint density at radius 1 is 0.711 bits per heavy atom. The van der Waals surface area contributed by atoms with E-state index >= 15 is 0 Å². The Hall–Kier alpha value is -8.37. The highest BCUT2D eigenvalue weighted by molar-refractivity contribution is 7.15. The summed E-state index contributed by atoms with van der Waals surface area (Å²) in [5, 5.41) is 53.5. The second-order valence-corrected chi connectivity index (χ2v) is 27.0. The fourth-order valence-corrected chi connectivity index (χ4v) is 15.2. The fourth-order valence-electron chi connectivity index (χ4n) is 9.61.